The van der Waals surface area contributed by atoms with Crippen molar-refractivity contribution in [3.8, 4) is 0 Å². The maximum atomic E-state index is 13.5. The van der Waals surface area contributed by atoms with Crippen LogP contribution in [0.1, 0.15) is 104 Å². The highest BCUT2D eigenvalue weighted by Crippen LogP contribution is 2.16. The molecule has 11 nitrogen and oxygen atoms in total. The van der Waals surface area contributed by atoms with Gasteiger partial charge in [0.2, 0.25) is 11.8 Å². The van der Waals surface area contributed by atoms with E-state index in [0.29, 0.717) is 45.2 Å². The van der Waals surface area contributed by atoms with Crippen molar-refractivity contribution in [2.75, 3.05) is 26.2 Å². The van der Waals surface area contributed by atoms with Gasteiger partial charge in [-0.05, 0) is 78.4 Å². The highest BCUT2D eigenvalue weighted by molar-refractivity contribution is 5.90. The number of ketones is 1. The van der Waals surface area contributed by atoms with Crippen LogP contribution in [0.15, 0.2) is 60.7 Å². The maximum absolute atomic E-state index is 13.5. The number of carbonyl (C=O) groups excluding carboxylic acids is 4. The highest BCUT2D eigenvalue weighted by atomic mass is 16.6. The number of carboxylic acid groups (broad SMARTS) is 1. The van der Waals surface area contributed by atoms with Gasteiger partial charge in [-0.15, -0.1) is 0 Å². The first kappa shape index (κ1) is 41.8. The highest BCUT2D eigenvalue weighted by Gasteiger charge is 2.26. The van der Waals surface area contributed by atoms with Crippen molar-refractivity contribution in [1.29, 1.82) is 0 Å². The molecule has 2 N–H and O–H groups in total. The average Bonchev–Trinajstić information content (AvgIpc) is 3.02. The number of alkyl carbamates (subject to hydrolysis) is 1. The van der Waals surface area contributed by atoms with Crippen LogP contribution < -0.4 is 5.32 Å². The first-order chi connectivity index (χ1) is 23.5. The van der Waals surface area contributed by atoms with Crippen LogP contribution >= 0.6 is 0 Å². The summed E-state index contributed by atoms with van der Waals surface area (Å²) in [5.41, 5.74) is 0.724. The quantitative estimate of drug-likeness (QED) is 0.142. The number of hydrogen-bond donors (Lipinski definition) is 2. The molecule has 0 heterocycles. The Bertz CT molecular complexity index is 1350. The van der Waals surface area contributed by atoms with Crippen LogP contribution in [0.25, 0.3) is 0 Å². The van der Waals surface area contributed by atoms with E-state index < -0.39 is 23.3 Å². The van der Waals surface area contributed by atoms with E-state index in [1.54, 1.807) is 30.6 Å². The molecule has 2 rings (SSSR count). The van der Waals surface area contributed by atoms with Crippen molar-refractivity contribution < 1.29 is 33.8 Å². The minimum atomic E-state index is -0.964. The molecule has 0 saturated heterocycles. The number of nitrogens with one attached hydrogen (secondary N) is 1. The van der Waals surface area contributed by atoms with Crippen molar-refractivity contribution in [3.05, 3.63) is 71.8 Å². The number of unbranched alkanes of at least 4 members (excludes halogenated alkanes) is 4. The first-order valence-corrected chi connectivity index (χ1v) is 17.7. The third kappa shape index (κ3) is 17.3. The van der Waals surface area contributed by atoms with E-state index in [2.05, 4.69) is 5.32 Å². The second kappa shape index (κ2) is 21.0. The van der Waals surface area contributed by atoms with E-state index in [1.165, 1.54) is 4.90 Å². The van der Waals surface area contributed by atoms with Crippen LogP contribution in [0.3, 0.4) is 0 Å². The summed E-state index contributed by atoms with van der Waals surface area (Å²) in [5.74, 6) is -0.537. The van der Waals surface area contributed by atoms with Crippen molar-refractivity contribution in [3.63, 3.8) is 0 Å². The van der Waals surface area contributed by atoms with Crippen LogP contribution in [0.2, 0.25) is 0 Å². The minimum Gasteiger partial charge on any atom is -0.465 e. The summed E-state index contributed by atoms with van der Waals surface area (Å²) in [6.07, 6.45) is 2.95. The molecule has 0 bridgehead atoms. The van der Waals surface area contributed by atoms with Gasteiger partial charge in [0.05, 0.1) is 13.1 Å². The molecule has 0 aliphatic carbocycles. The second-order valence-corrected chi connectivity index (χ2v) is 14.7. The van der Waals surface area contributed by atoms with E-state index >= 15 is 0 Å². The molecule has 0 spiro atoms. The number of ether oxygens (including phenoxy) is 1. The Balaban J connectivity index is 1.99. The van der Waals surface area contributed by atoms with Gasteiger partial charge in [-0.3, -0.25) is 14.4 Å². The van der Waals surface area contributed by atoms with Gasteiger partial charge in [0, 0.05) is 44.6 Å². The summed E-state index contributed by atoms with van der Waals surface area (Å²) >= 11 is 0. The Morgan fingerprint density at radius 3 is 1.54 bits per heavy atom. The summed E-state index contributed by atoms with van der Waals surface area (Å²) in [5, 5.41) is 12.3. The van der Waals surface area contributed by atoms with Gasteiger partial charge in [-0.1, -0.05) is 73.5 Å². The van der Waals surface area contributed by atoms with E-state index in [4.69, 9.17) is 4.74 Å². The van der Waals surface area contributed by atoms with E-state index in [0.717, 1.165) is 17.5 Å². The molecule has 4 amide bonds. The van der Waals surface area contributed by atoms with Crippen molar-refractivity contribution in [1.82, 2.24) is 20.0 Å². The van der Waals surface area contributed by atoms with Crippen LogP contribution in [-0.4, -0.2) is 86.9 Å². The number of rotatable bonds is 20. The largest absolute Gasteiger partial charge is 0.465 e. The molecule has 0 atom stereocenters. The lowest BCUT2D eigenvalue weighted by atomic mass is 10.1. The molecule has 0 unspecified atom stereocenters. The molecule has 0 fully saturated rings. The standard InChI is InChI=1S/C39H58N4O7/c1-38(2,3)43(37(48)49)26-18-10-16-24-35(46)42(28-32-21-13-8-14-22-32)30-33(44)29-41(27-31-19-11-7-12-20-31)34(45)23-15-9-17-25-40-36(47)50-39(4,5)6/h7-8,11-14,19-22H,9-10,15-18,23-30H2,1-6H3,(H,40,47)(H,48,49). The molecular weight excluding hydrogens is 636 g/mol. The number of carbonyl (C=O) groups is 5. The molecule has 0 aliphatic heterocycles. The summed E-state index contributed by atoms with van der Waals surface area (Å²) in [6.45, 7) is 12.1. The van der Waals surface area contributed by atoms with Crippen LogP contribution in [-0.2, 0) is 32.2 Å². The van der Waals surface area contributed by atoms with Crippen molar-refractivity contribution >= 4 is 29.8 Å². The zero-order valence-electron chi connectivity index (χ0n) is 30.9. The Kier molecular flexibility index (Phi) is 17.5. The Morgan fingerprint density at radius 2 is 1.12 bits per heavy atom. The lowest BCUT2D eigenvalue weighted by Crippen LogP contribution is -2.45. The van der Waals surface area contributed by atoms with Gasteiger partial charge in [0.1, 0.15) is 5.60 Å². The lowest BCUT2D eigenvalue weighted by Gasteiger charge is -2.33. The Hall–Kier alpha value is -4.41. The fourth-order valence-corrected chi connectivity index (χ4v) is 5.39. The first-order valence-electron chi connectivity index (χ1n) is 17.7. The fourth-order valence-electron chi connectivity index (χ4n) is 5.39. The monoisotopic (exact) mass is 694 g/mol. The fraction of sp³-hybridized carbons (Fsp3) is 0.564. The van der Waals surface area contributed by atoms with Crippen molar-refractivity contribution in [2.45, 2.75) is 117 Å². The minimum absolute atomic E-state index is 0.121. The summed E-state index contributed by atoms with van der Waals surface area (Å²) < 4.78 is 5.25. The van der Waals surface area contributed by atoms with Gasteiger partial charge in [0.25, 0.3) is 0 Å². The second-order valence-electron chi connectivity index (χ2n) is 14.7. The zero-order valence-corrected chi connectivity index (χ0v) is 30.9. The van der Waals surface area contributed by atoms with Crippen LogP contribution in [0.4, 0.5) is 9.59 Å². The summed E-state index contributed by atoms with van der Waals surface area (Å²) in [4.78, 5) is 68.4. The predicted molar refractivity (Wildman–Crippen MR) is 194 cm³/mol. The number of nitrogens with zero attached hydrogens (tertiary/aromatic N) is 3. The van der Waals surface area contributed by atoms with E-state index in [9.17, 15) is 29.1 Å². The molecule has 2 aromatic carbocycles. The number of Topliss-reactive ketones (excluding diaryl/α,β-unsaturated/α-hetero) is 1. The third-order valence-corrected chi connectivity index (χ3v) is 7.92. The van der Waals surface area contributed by atoms with Crippen LogP contribution in [0, 0.1) is 0 Å². The van der Waals surface area contributed by atoms with Gasteiger partial charge >= 0.3 is 12.2 Å². The number of hydrogen-bond acceptors (Lipinski definition) is 6. The van der Waals surface area contributed by atoms with Crippen LogP contribution in [0.5, 0.6) is 0 Å². The van der Waals surface area contributed by atoms with Gasteiger partial charge in [0.15, 0.2) is 5.78 Å². The van der Waals surface area contributed by atoms with E-state index in [-0.39, 0.29) is 56.6 Å². The summed E-state index contributed by atoms with van der Waals surface area (Å²) in [7, 11) is 0. The molecule has 276 valence electrons. The molecule has 0 radical (unpaired) electrons. The molecule has 50 heavy (non-hydrogen) atoms. The molecule has 0 aliphatic rings. The molecule has 0 saturated carbocycles. The number of amides is 4. The molecule has 11 heteroatoms. The topological polar surface area (TPSA) is 137 Å². The normalized spacial score (nSPS) is 11.4. The van der Waals surface area contributed by atoms with Crippen molar-refractivity contribution in [2.24, 2.45) is 0 Å². The smallest absolute Gasteiger partial charge is 0.407 e. The van der Waals surface area contributed by atoms with Gasteiger partial charge in [-0.2, -0.15) is 0 Å². The number of benzene rings is 2. The van der Waals surface area contributed by atoms with Gasteiger partial charge in [-0.25, -0.2) is 9.59 Å². The van der Waals surface area contributed by atoms with E-state index in [1.807, 2.05) is 81.4 Å². The molecule has 2 aromatic rings. The van der Waals surface area contributed by atoms with Gasteiger partial charge < -0.3 is 29.9 Å². The Morgan fingerprint density at radius 1 is 0.660 bits per heavy atom. The summed E-state index contributed by atoms with van der Waals surface area (Å²) in [6, 6.07) is 19.0. The Labute approximate surface area is 298 Å². The molecule has 0 aromatic heterocycles. The lowest BCUT2D eigenvalue weighted by molar-refractivity contribution is -0.139. The molecular formula is C39H58N4O7. The SMILES string of the molecule is CC(C)(C)OC(=O)NCCCCCC(=O)N(CC(=O)CN(Cc1ccccc1)C(=O)CCCCCN(C(=O)O)C(C)(C)C)Cc1ccccc1. The third-order valence-electron chi connectivity index (χ3n) is 7.92. The average molecular weight is 695 g/mol. The zero-order chi connectivity index (χ0) is 37.2. The predicted octanol–water partition coefficient (Wildman–Crippen LogP) is 7.04. The maximum Gasteiger partial charge on any atom is 0.407 e.